The maximum absolute atomic E-state index is 12.9. The van der Waals surface area contributed by atoms with Crippen LogP contribution in [0.5, 0.6) is 0 Å². The van der Waals surface area contributed by atoms with Crippen LogP contribution in [0.2, 0.25) is 0 Å². The molecule has 0 bridgehead atoms. The summed E-state index contributed by atoms with van der Waals surface area (Å²) in [7, 11) is 0. The van der Waals surface area contributed by atoms with Crippen molar-refractivity contribution in [3.63, 3.8) is 0 Å². The van der Waals surface area contributed by atoms with Crippen LogP contribution in [0.3, 0.4) is 0 Å². The Labute approximate surface area is 262 Å². The van der Waals surface area contributed by atoms with Gasteiger partial charge in [0.25, 0.3) is 5.91 Å². The second-order valence-corrected chi connectivity index (χ2v) is 13.5. The highest BCUT2D eigenvalue weighted by Gasteiger charge is 2.36. The number of piperidine rings is 1. The zero-order chi connectivity index (χ0) is 31.5. The Morgan fingerprint density at radius 2 is 1.70 bits per heavy atom. The average molecular weight is 623 g/mol. The molecule has 5 rings (SSSR count). The first-order chi connectivity index (χ1) is 20.9. The van der Waals surface area contributed by atoms with Crippen molar-refractivity contribution in [2.24, 2.45) is 0 Å². The molecule has 4 heterocycles. The van der Waals surface area contributed by atoms with Gasteiger partial charge in [-0.05, 0) is 69.7 Å². The molecule has 0 radical (unpaired) electrons. The smallest absolute Gasteiger partial charge is 0.410 e. The molecule has 2 aromatic heterocycles. The van der Waals surface area contributed by atoms with Crippen LogP contribution in [-0.2, 0) is 4.74 Å². The second-order valence-electron chi connectivity index (χ2n) is 12.6. The standard InChI is InChI=1S/C31H42N8O4S/c1-30(2,3)43-29(42)39-15-13-38(14-16-39)28(41)37-11-9-31(4,10-12-37)36-27-33-19-22(20-34-27)26(40)35-24-18-21(7-8-23(24)32)25-6-5-17-44-25/h5-8,17-20,28,41H,9-16,32H2,1-4H3,(H,35,40)(H,33,34,36). The number of likely N-dealkylation sites (tertiary alicyclic amines) is 1. The van der Waals surface area contributed by atoms with Crippen LogP contribution in [0.4, 0.5) is 22.1 Å². The zero-order valence-electron chi connectivity index (χ0n) is 25.7. The average Bonchev–Trinajstić information content (AvgIpc) is 3.53. The maximum atomic E-state index is 12.9. The van der Waals surface area contributed by atoms with Gasteiger partial charge < -0.3 is 31.1 Å². The SMILES string of the molecule is CC1(Nc2ncc(C(=O)Nc3cc(-c4cccs4)ccc3N)cn2)CCN(C(O)N2CCN(C(=O)OC(C)(C)C)CC2)CC1. The van der Waals surface area contributed by atoms with Crippen LogP contribution >= 0.6 is 11.3 Å². The molecule has 0 spiro atoms. The van der Waals surface area contributed by atoms with Crippen molar-refractivity contribution in [2.75, 3.05) is 55.6 Å². The monoisotopic (exact) mass is 622 g/mol. The Morgan fingerprint density at radius 3 is 2.32 bits per heavy atom. The quantitative estimate of drug-likeness (QED) is 0.283. The van der Waals surface area contributed by atoms with Crippen molar-refractivity contribution in [1.29, 1.82) is 0 Å². The largest absolute Gasteiger partial charge is 0.444 e. The predicted molar refractivity (Wildman–Crippen MR) is 172 cm³/mol. The van der Waals surface area contributed by atoms with Gasteiger partial charge in [0, 0.05) is 62.1 Å². The lowest BCUT2D eigenvalue weighted by Crippen LogP contribution is -2.60. The summed E-state index contributed by atoms with van der Waals surface area (Å²) in [5, 5.41) is 19.4. The minimum Gasteiger partial charge on any atom is -0.444 e. The van der Waals surface area contributed by atoms with Crippen LogP contribution in [0.15, 0.2) is 48.1 Å². The van der Waals surface area contributed by atoms with Gasteiger partial charge in [0.2, 0.25) is 5.95 Å². The third-order valence-corrected chi connectivity index (χ3v) is 8.87. The lowest BCUT2D eigenvalue weighted by atomic mass is 9.90. The minimum absolute atomic E-state index is 0.272. The molecule has 2 saturated heterocycles. The molecule has 13 heteroatoms. The normalized spacial score (nSPS) is 18.4. The van der Waals surface area contributed by atoms with Gasteiger partial charge in [-0.2, -0.15) is 0 Å². The summed E-state index contributed by atoms with van der Waals surface area (Å²) in [6, 6.07) is 9.58. The molecule has 0 saturated carbocycles. The van der Waals surface area contributed by atoms with E-state index in [1.807, 2.05) is 55.3 Å². The number of hydrogen-bond acceptors (Lipinski definition) is 11. The Kier molecular flexibility index (Phi) is 9.39. The van der Waals surface area contributed by atoms with Crippen LogP contribution in [0, 0.1) is 0 Å². The molecular weight excluding hydrogens is 580 g/mol. The molecule has 2 aliphatic heterocycles. The lowest BCUT2D eigenvalue weighted by molar-refractivity contribution is -0.133. The molecule has 236 valence electrons. The number of nitrogen functional groups attached to an aromatic ring is 1. The number of amides is 2. The second kappa shape index (κ2) is 13.1. The highest BCUT2D eigenvalue weighted by molar-refractivity contribution is 7.13. The fourth-order valence-corrected chi connectivity index (χ4v) is 6.03. The number of carbonyl (C=O) groups excluding carboxylic acids is 2. The van der Waals surface area contributed by atoms with Gasteiger partial charge in [-0.15, -0.1) is 11.3 Å². The van der Waals surface area contributed by atoms with Crippen molar-refractivity contribution in [1.82, 2.24) is 24.7 Å². The Balaban J connectivity index is 1.10. The first-order valence-electron chi connectivity index (χ1n) is 14.9. The third kappa shape index (κ3) is 7.83. The number of thiophene rings is 1. The number of nitrogens with one attached hydrogen (secondary N) is 2. The summed E-state index contributed by atoms with van der Waals surface area (Å²) in [6.45, 7) is 11.2. The van der Waals surface area contributed by atoms with Gasteiger partial charge >= 0.3 is 6.09 Å². The van der Waals surface area contributed by atoms with E-state index in [0.717, 1.165) is 23.3 Å². The van der Waals surface area contributed by atoms with Crippen LogP contribution in [0.1, 0.15) is 50.9 Å². The molecule has 12 nitrogen and oxygen atoms in total. The number of ether oxygens (including phenoxy) is 1. The van der Waals surface area contributed by atoms with Gasteiger partial charge in [-0.3, -0.25) is 14.6 Å². The van der Waals surface area contributed by atoms with Gasteiger partial charge in [-0.1, -0.05) is 12.1 Å². The number of hydrogen-bond donors (Lipinski definition) is 4. The van der Waals surface area contributed by atoms with E-state index in [-0.39, 0.29) is 17.5 Å². The number of carbonyl (C=O) groups is 2. The molecular formula is C31H42N8O4S. The molecule has 2 amide bonds. The van der Waals surface area contributed by atoms with E-state index in [4.69, 9.17) is 10.5 Å². The fraction of sp³-hybridized carbons (Fsp3) is 0.484. The summed E-state index contributed by atoms with van der Waals surface area (Å²) in [4.78, 5) is 41.0. The topological polar surface area (TPSA) is 149 Å². The number of aromatic nitrogens is 2. The first-order valence-corrected chi connectivity index (χ1v) is 15.8. The minimum atomic E-state index is -0.713. The van der Waals surface area contributed by atoms with Gasteiger partial charge in [0.15, 0.2) is 6.35 Å². The number of nitrogens with two attached hydrogens (primary N) is 1. The van der Waals surface area contributed by atoms with Crippen molar-refractivity contribution >= 4 is 40.7 Å². The van der Waals surface area contributed by atoms with E-state index in [0.29, 0.717) is 62.2 Å². The Hall–Kier alpha value is -3.78. The Morgan fingerprint density at radius 1 is 1.05 bits per heavy atom. The first kappa shape index (κ1) is 31.6. The molecule has 1 atom stereocenters. The van der Waals surface area contributed by atoms with Gasteiger partial charge in [0.05, 0.1) is 16.9 Å². The van der Waals surface area contributed by atoms with Crippen molar-refractivity contribution in [3.8, 4) is 10.4 Å². The molecule has 1 unspecified atom stereocenters. The van der Waals surface area contributed by atoms with Crippen LogP contribution in [-0.4, -0.2) is 98.5 Å². The molecule has 44 heavy (non-hydrogen) atoms. The van der Waals surface area contributed by atoms with Gasteiger partial charge in [-0.25, -0.2) is 14.8 Å². The molecule has 2 fully saturated rings. The third-order valence-electron chi connectivity index (χ3n) is 7.96. The summed E-state index contributed by atoms with van der Waals surface area (Å²) < 4.78 is 5.48. The number of benzene rings is 1. The fourth-order valence-electron chi connectivity index (χ4n) is 5.30. The summed E-state index contributed by atoms with van der Waals surface area (Å²) in [5.74, 6) is 0.0996. The number of aliphatic hydroxyl groups is 1. The van der Waals surface area contributed by atoms with Crippen molar-refractivity contribution < 1.29 is 19.4 Å². The Bertz CT molecular complexity index is 1430. The highest BCUT2D eigenvalue weighted by atomic mass is 32.1. The summed E-state index contributed by atoms with van der Waals surface area (Å²) in [6.07, 6.45) is 3.52. The molecule has 5 N–H and O–H groups in total. The number of rotatable bonds is 7. The highest BCUT2D eigenvalue weighted by Crippen LogP contribution is 2.31. The molecule has 2 aliphatic rings. The van der Waals surface area contributed by atoms with Crippen LogP contribution in [0.25, 0.3) is 10.4 Å². The molecule has 1 aromatic carbocycles. The van der Waals surface area contributed by atoms with Crippen LogP contribution < -0.4 is 16.4 Å². The van der Waals surface area contributed by atoms with Crippen molar-refractivity contribution in [3.05, 3.63) is 53.7 Å². The molecule has 0 aliphatic carbocycles. The van der Waals surface area contributed by atoms with E-state index in [1.54, 1.807) is 22.3 Å². The van der Waals surface area contributed by atoms with E-state index < -0.39 is 12.0 Å². The predicted octanol–water partition coefficient (Wildman–Crippen LogP) is 4.13. The van der Waals surface area contributed by atoms with E-state index >= 15 is 0 Å². The summed E-state index contributed by atoms with van der Waals surface area (Å²) in [5.41, 5.74) is 7.64. The number of anilines is 3. The van der Waals surface area contributed by atoms with E-state index in [9.17, 15) is 14.7 Å². The lowest BCUT2D eigenvalue weighted by Gasteiger charge is -2.45. The number of aliphatic hydroxyl groups excluding tert-OH is 1. The van der Waals surface area contributed by atoms with Gasteiger partial charge in [0.1, 0.15) is 5.60 Å². The maximum Gasteiger partial charge on any atom is 0.410 e. The van der Waals surface area contributed by atoms with E-state index in [2.05, 4.69) is 32.4 Å². The zero-order valence-corrected chi connectivity index (χ0v) is 26.6. The number of nitrogens with zero attached hydrogens (tertiary/aromatic N) is 5. The number of piperazine rings is 1. The molecule has 3 aromatic rings. The summed E-state index contributed by atoms with van der Waals surface area (Å²) >= 11 is 1.62. The van der Waals surface area contributed by atoms with E-state index in [1.165, 1.54) is 12.4 Å². The van der Waals surface area contributed by atoms with Crippen molar-refractivity contribution in [2.45, 2.75) is 58.0 Å².